The van der Waals surface area contributed by atoms with Crippen LogP contribution in [0.5, 0.6) is 0 Å². The van der Waals surface area contributed by atoms with Gasteiger partial charge in [0.1, 0.15) is 0 Å². The van der Waals surface area contributed by atoms with Gasteiger partial charge in [-0.2, -0.15) is 0 Å². The maximum absolute atomic E-state index is 2.46. The number of hydrogen-bond donors (Lipinski definition) is 0. The molecule has 1 rings (SSSR count). The van der Waals surface area contributed by atoms with E-state index in [1.165, 1.54) is 6.42 Å². The second-order valence-electron chi connectivity index (χ2n) is 6.18. The van der Waals surface area contributed by atoms with Crippen molar-refractivity contribution in [1.82, 2.24) is 0 Å². The van der Waals surface area contributed by atoms with Crippen molar-refractivity contribution in [3.63, 3.8) is 0 Å². The van der Waals surface area contributed by atoms with Gasteiger partial charge in [0, 0.05) is 0 Å². The van der Waals surface area contributed by atoms with Crippen LogP contribution in [0.25, 0.3) is 0 Å². The third kappa shape index (κ3) is 2.23. The Balaban J connectivity index is 3.14. The first-order valence-electron chi connectivity index (χ1n) is 6.47. The Labute approximate surface area is 100 Å². The van der Waals surface area contributed by atoms with Crippen molar-refractivity contribution in [2.75, 3.05) is 0 Å². The van der Waals surface area contributed by atoms with Gasteiger partial charge >= 0.3 is 101 Å². The van der Waals surface area contributed by atoms with E-state index in [0.29, 0.717) is 0 Å². The van der Waals surface area contributed by atoms with Crippen LogP contribution in [0.2, 0.25) is 11.0 Å². The molecule has 15 heavy (non-hydrogen) atoms. The van der Waals surface area contributed by atoms with Gasteiger partial charge < -0.3 is 0 Å². The molecule has 0 amide bonds. The average Bonchev–Trinajstić information content (AvgIpc) is 2.55. The van der Waals surface area contributed by atoms with Gasteiger partial charge in [-0.25, -0.2) is 0 Å². The number of hydrogen-bond acceptors (Lipinski definition) is 0. The van der Waals surface area contributed by atoms with Crippen molar-refractivity contribution < 1.29 is 20.0 Å². The number of allylic oxidation sites excluding steroid dienone is 4. The van der Waals surface area contributed by atoms with Gasteiger partial charge in [-0.05, 0) is 0 Å². The van der Waals surface area contributed by atoms with Crippen LogP contribution >= 0.6 is 0 Å². The molecule has 85 valence electrons. The van der Waals surface area contributed by atoms with Gasteiger partial charge in [0.15, 0.2) is 0 Å². The van der Waals surface area contributed by atoms with E-state index >= 15 is 0 Å². The van der Waals surface area contributed by atoms with Crippen molar-refractivity contribution in [1.29, 1.82) is 0 Å². The molecule has 1 aliphatic carbocycles. The van der Waals surface area contributed by atoms with E-state index in [1.54, 1.807) is 0 Å². The predicted octanol–water partition coefficient (Wildman–Crippen LogP) is 5.47. The van der Waals surface area contributed by atoms with E-state index in [4.69, 9.17) is 0 Å². The summed E-state index contributed by atoms with van der Waals surface area (Å²) in [6.45, 7) is 14.8. The van der Waals surface area contributed by atoms with E-state index < -0.39 is 20.0 Å². The van der Waals surface area contributed by atoms with Crippen LogP contribution < -0.4 is 0 Å². The molecule has 0 N–H and O–H groups in total. The summed E-state index contributed by atoms with van der Waals surface area (Å²) < 4.78 is 4.59. The molecule has 0 heterocycles. The third-order valence-corrected chi connectivity index (χ3v) is 17.8. The van der Waals surface area contributed by atoms with Crippen LogP contribution in [-0.2, 0) is 20.0 Å². The summed E-state index contributed by atoms with van der Waals surface area (Å²) in [5.41, 5.74) is 0. The summed E-state index contributed by atoms with van der Waals surface area (Å²) in [7, 11) is 0. The molecule has 0 bridgehead atoms. The van der Waals surface area contributed by atoms with Crippen molar-refractivity contribution >= 4 is 0 Å². The van der Waals surface area contributed by atoms with E-state index in [2.05, 4.69) is 59.8 Å². The van der Waals surface area contributed by atoms with Gasteiger partial charge in [0.2, 0.25) is 0 Å². The molecule has 0 atom stereocenters. The molecule has 0 aromatic carbocycles. The van der Waals surface area contributed by atoms with Crippen LogP contribution in [0.1, 0.15) is 48.0 Å². The molecular weight excluding hydrogens is 213 g/mol. The molecule has 0 saturated heterocycles. The first-order valence-corrected chi connectivity index (χ1v) is 10.5. The summed E-state index contributed by atoms with van der Waals surface area (Å²) in [5.74, 6) is 0. The van der Waals surface area contributed by atoms with Crippen molar-refractivity contribution in [2.45, 2.75) is 59.0 Å². The van der Waals surface area contributed by atoms with Crippen LogP contribution in [0.15, 0.2) is 21.6 Å². The van der Waals surface area contributed by atoms with Crippen LogP contribution in [-0.4, -0.2) is 0 Å². The summed E-state index contributed by atoms with van der Waals surface area (Å²) in [5, 5.41) is 0. The molecule has 0 saturated carbocycles. The molecule has 0 aromatic heterocycles. The molecule has 0 unspecified atom stereocenters. The van der Waals surface area contributed by atoms with Gasteiger partial charge in [-0.3, -0.25) is 0 Å². The Bertz CT molecular complexity index is 247. The molecule has 0 nitrogen and oxygen atoms in total. The normalized spacial score (nSPS) is 17.0. The van der Waals surface area contributed by atoms with E-state index in [9.17, 15) is 0 Å². The summed E-state index contributed by atoms with van der Waals surface area (Å²) in [6, 6.07) is 0. The van der Waals surface area contributed by atoms with Crippen molar-refractivity contribution in [3.05, 3.63) is 21.6 Å². The van der Waals surface area contributed by atoms with Gasteiger partial charge in [-0.1, -0.05) is 0 Å². The first-order chi connectivity index (χ1) is 6.94. The second kappa shape index (κ2) is 5.12. The molecule has 0 fully saturated rings. The average molecular weight is 239 g/mol. The molecule has 0 spiro atoms. The van der Waals surface area contributed by atoms with Crippen molar-refractivity contribution in [2.24, 2.45) is 0 Å². The van der Waals surface area contributed by atoms with Gasteiger partial charge in [0.05, 0.1) is 0 Å². The SMILES string of the molecule is C[CH](C)[Sc]([C]1=CC=CC1)([CH](C)C)[CH](C)C. The van der Waals surface area contributed by atoms with Gasteiger partial charge in [0.25, 0.3) is 0 Å². The Morgan fingerprint density at radius 1 is 0.933 bits per heavy atom. The maximum atomic E-state index is 2.46. The Kier molecular flexibility index (Phi) is 4.58. The third-order valence-electron chi connectivity index (χ3n) is 4.75. The fourth-order valence-corrected chi connectivity index (χ4v) is 17.2. The molecule has 0 aliphatic heterocycles. The number of rotatable bonds is 4. The Morgan fingerprint density at radius 2 is 1.40 bits per heavy atom. The van der Waals surface area contributed by atoms with Crippen LogP contribution in [0.3, 0.4) is 0 Å². The predicted molar refractivity (Wildman–Crippen MR) is 67.1 cm³/mol. The second-order valence-corrected chi connectivity index (χ2v) is 17.0. The van der Waals surface area contributed by atoms with Crippen LogP contribution in [0.4, 0.5) is 0 Å². The van der Waals surface area contributed by atoms with Gasteiger partial charge in [-0.15, -0.1) is 0 Å². The van der Waals surface area contributed by atoms with Crippen molar-refractivity contribution in [3.8, 4) is 0 Å². The van der Waals surface area contributed by atoms with E-state index in [0.717, 1.165) is 11.0 Å². The minimum atomic E-state index is -2.07. The van der Waals surface area contributed by atoms with Crippen LogP contribution in [0, 0.1) is 0 Å². The fraction of sp³-hybridized carbons (Fsp3) is 0.714. The van der Waals surface area contributed by atoms with E-state index in [1.807, 2.05) is 3.33 Å². The minimum absolute atomic E-state index is 0.915. The first kappa shape index (κ1) is 13.4. The molecule has 1 heteroatoms. The zero-order valence-electron chi connectivity index (χ0n) is 11.2. The quantitative estimate of drug-likeness (QED) is 0.610. The molecular formula is C14H26Sc. The zero-order chi connectivity index (χ0) is 11.6. The topological polar surface area (TPSA) is 0 Å². The van der Waals surface area contributed by atoms with E-state index in [-0.39, 0.29) is 0 Å². The molecule has 0 aromatic rings. The fourth-order valence-electron chi connectivity index (χ4n) is 4.43. The Morgan fingerprint density at radius 3 is 1.67 bits per heavy atom. The standard InChI is InChI=1S/C5H5.3C3H7.Sc/c1-2-4-5-3-1;3*1-3-2;/h1-3H,4H2;3*3H,1-2H3;. The monoisotopic (exact) mass is 239 g/mol. The summed E-state index contributed by atoms with van der Waals surface area (Å²) in [6.07, 6.45) is 8.30. The molecule has 0 radical (unpaired) electrons. The summed E-state index contributed by atoms with van der Waals surface area (Å²) in [4.78, 5) is 0. The Hall–Kier alpha value is 0.350. The zero-order valence-corrected chi connectivity index (χ0v) is 13.1. The molecule has 1 aliphatic rings. The summed E-state index contributed by atoms with van der Waals surface area (Å²) >= 11 is -2.07.